The van der Waals surface area contributed by atoms with Gasteiger partial charge in [-0.25, -0.2) is 0 Å². The molecule has 0 atom stereocenters. The van der Waals surface area contributed by atoms with E-state index in [1.165, 1.54) is 0 Å². The molecule has 2 N–H and O–H groups in total. The highest BCUT2D eigenvalue weighted by Gasteiger charge is 2.17. The third kappa shape index (κ3) is 4.59. The van der Waals surface area contributed by atoms with E-state index in [4.69, 9.17) is 5.11 Å². The molecule has 0 unspecified atom stereocenters. The molecule has 16 heavy (non-hydrogen) atoms. The van der Waals surface area contributed by atoms with Crippen molar-refractivity contribution >= 4 is 11.9 Å². The maximum atomic E-state index is 11.2. The van der Waals surface area contributed by atoms with Gasteiger partial charge in [0.15, 0.2) is 0 Å². The van der Waals surface area contributed by atoms with Gasteiger partial charge in [0.2, 0.25) is 5.91 Å². The van der Waals surface area contributed by atoms with Gasteiger partial charge in [0.05, 0.1) is 13.1 Å². The van der Waals surface area contributed by atoms with Crippen molar-refractivity contribution in [3.63, 3.8) is 0 Å². The molecule has 1 aliphatic rings. The molecular formula is C10H19N3O3. The molecule has 0 spiro atoms. The van der Waals surface area contributed by atoms with Crippen LogP contribution in [0.3, 0.4) is 0 Å². The molecule has 1 amide bonds. The van der Waals surface area contributed by atoms with E-state index in [0.717, 1.165) is 26.1 Å². The molecule has 6 nitrogen and oxygen atoms in total. The van der Waals surface area contributed by atoms with Crippen molar-refractivity contribution in [1.29, 1.82) is 0 Å². The highest BCUT2D eigenvalue weighted by molar-refractivity contribution is 5.77. The zero-order valence-corrected chi connectivity index (χ0v) is 9.61. The van der Waals surface area contributed by atoms with Gasteiger partial charge in [-0.05, 0) is 13.0 Å². The number of rotatable bonds is 4. The maximum absolute atomic E-state index is 11.2. The first-order chi connectivity index (χ1) is 7.61. The van der Waals surface area contributed by atoms with Crippen LogP contribution >= 0.6 is 0 Å². The van der Waals surface area contributed by atoms with Crippen molar-refractivity contribution in [2.75, 3.05) is 46.3 Å². The molecule has 1 fully saturated rings. The Hall–Kier alpha value is -1.14. The summed E-state index contributed by atoms with van der Waals surface area (Å²) in [6.07, 6.45) is 0.907. The van der Waals surface area contributed by atoms with Gasteiger partial charge in [-0.3, -0.25) is 19.4 Å². The fourth-order valence-electron chi connectivity index (χ4n) is 1.81. The Morgan fingerprint density at radius 3 is 2.19 bits per heavy atom. The summed E-state index contributed by atoms with van der Waals surface area (Å²) in [6, 6.07) is 0. The Morgan fingerprint density at radius 2 is 1.69 bits per heavy atom. The molecule has 1 rings (SSSR count). The van der Waals surface area contributed by atoms with Crippen molar-refractivity contribution in [2.24, 2.45) is 0 Å². The van der Waals surface area contributed by atoms with Gasteiger partial charge in [-0.15, -0.1) is 0 Å². The number of carboxylic acid groups (broad SMARTS) is 1. The van der Waals surface area contributed by atoms with Crippen molar-refractivity contribution in [1.82, 2.24) is 15.1 Å². The average molecular weight is 229 g/mol. The van der Waals surface area contributed by atoms with Crippen LogP contribution in [0.4, 0.5) is 0 Å². The van der Waals surface area contributed by atoms with E-state index in [1.807, 2.05) is 4.90 Å². The molecule has 0 aromatic heterocycles. The van der Waals surface area contributed by atoms with Crippen LogP contribution in [-0.4, -0.2) is 73.1 Å². The number of amides is 1. The summed E-state index contributed by atoms with van der Waals surface area (Å²) in [5.41, 5.74) is 0. The van der Waals surface area contributed by atoms with Gasteiger partial charge in [-0.2, -0.15) is 0 Å². The van der Waals surface area contributed by atoms with Crippen LogP contribution in [0.5, 0.6) is 0 Å². The van der Waals surface area contributed by atoms with E-state index in [2.05, 4.69) is 10.2 Å². The molecule has 0 aliphatic carbocycles. The summed E-state index contributed by atoms with van der Waals surface area (Å²) in [7, 11) is 1.62. The maximum Gasteiger partial charge on any atom is 0.317 e. The smallest absolute Gasteiger partial charge is 0.317 e. The molecule has 6 heteroatoms. The van der Waals surface area contributed by atoms with Gasteiger partial charge < -0.3 is 10.4 Å². The van der Waals surface area contributed by atoms with Crippen LogP contribution in [0.2, 0.25) is 0 Å². The second-order valence-electron chi connectivity index (χ2n) is 3.97. The number of likely N-dealkylation sites (N-methyl/N-ethyl adjacent to an activating group) is 1. The van der Waals surface area contributed by atoms with Gasteiger partial charge in [-0.1, -0.05) is 0 Å². The summed E-state index contributed by atoms with van der Waals surface area (Å²) < 4.78 is 0. The number of carboxylic acids is 1. The van der Waals surface area contributed by atoms with E-state index >= 15 is 0 Å². The Morgan fingerprint density at radius 1 is 1.12 bits per heavy atom. The Bertz CT molecular complexity index is 258. The van der Waals surface area contributed by atoms with Gasteiger partial charge >= 0.3 is 5.97 Å². The zero-order chi connectivity index (χ0) is 12.0. The van der Waals surface area contributed by atoms with Crippen molar-refractivity contribution in [2.45, 2.75) is 6.42 Å². The Labute approximate surface area is 95.2 Å². The predicted octanol–water partition coefficient (Wildman–Crippen LogP) is -1.18. The molecule has 1 heterocycles. The molecule has 0 saturated carbocycles. The summed E-state index contributed by atoms with van der Waals surface area (Å²) in [5, 5.41) is 11.3. The summed E-state index contributed by atoms with van der Waals surface area (Å²) in [6.45, 7) is 3.59. The van der Waals surface area contributed by atoms with Crippen molar-refractivity contribution < 1.29 is 14.7 Å². The SMILES string of the molecule is CNC(=O)CN1CCCN(CC(=O)O)CC1. The lowest BCUT2D eigenvalue weighted by Gasteiger charge is -2.19. The van der Waals surface area contributed by atoms with Crippen LogP contribution in [0, 0.1) is 0 Å². The highest BCUT2D eigenvalue weighted by Crippen LogP contribution is 2.02. The number of hydrogen-bond acceptors (Lipinski definition) is 4. The standard InChI is InChI=1S/C10H19N3O3/c1-11-9(14)7-12-3-2-4-13(6-5-12)8-10(15)16/h2-8H2,1H3,(H,11,14)(H,15,16). The molecule has 0 aromatic carbocycles. The monoisotopic (exact) mass is 229 g/mol. The lowest BCUT2D eigenvalue weighted by atomic mass is 10.3. The first-order valence-corrected chi connectivity index (χ1v) is 5.49. The third-order valence-corrected chi connectivity index (χ3v) is 2.69. The molecule has 0 radical (unpaired) electrons. The van der Waals surface area contributed by atoms with E-state index in [-0.39, 0.29) is 12.5 Å². The Balaban J connectivity index is 2.34. The quantitative estimate of drug-likeness (QED) is 0.635. The topological polar surface area (TPSA) is 72.9 Å². The van der Waals surface area contributed by atoms with Crippen LogP contribution in [0.15, 0.2) is 0 Å². The number of carbonyl (C=O) groups excluding carboxylic acids is 1. The van der Waals surface area contributed by atoms with Crippen LogP contribution in [0.25, 0.3) is 0 Å². The second kappa shape index (κ2) is 6.44. The largest absolute Gasteiger partial charge is 0.480 e. The second-order valence-corrected chi connectivity index (χ2v) is 3.97. The summed E-state index contributed by atoms with van der Waals surface area (Å²) in [4.78, 5) is 25.7. The van der Waals surface area contributed by atoms with E-state index < -0.39 is 5.97 Å². The van der Waals surface area contributed by atoms with Crippen LogP contribution in [-0.2, 0) is 9.59 Å². The molecule has 0 aromatic rings. The fourth-order valence-corrected chi connectivity index (χ4v) is 1.81. The molecule has 1 aliphatic heterocycles. The molecular weight excluding hydrogens is 210 g/mol. The van der Waals surface area contributed by atoms with Crippen molar-refractivity contribution in [3.05, 3.63) is 0 Å². The molecule has 1 saturated heterocycles. The lowest BCUT2D eigenvalue weighted by Crippen LogP contribution is -2.38. The third-order valence-electron chi connectivity index (χ3n) is 2.69. The predicted molar refractivity (Wildman–Crippen MR) is 59.2 cm³/mol. The fraction of sp³-hybridized carbons (Fsp3) is 0.800. The minimum Gasteiger partial charge on any atom is -0.480 e. The molecule has 0 bridgehead atoms. The van der Waals surface area contributed by atoms with Crippen molar-refractivity contribution in [3.8, 4) is 0 Å². The first-order valence-electron chi connectivity index (χ1n) is 5.49. The minimum atomic E-state index is -0.792. The van der Waals surface area contributed by atoms with E-state index in [0.29, 0.717) is 13.1 Å². The summed E-state index contributed by atoms with van der Waals surface area (Å²) >= 11 is 0. The van der Waals surface area contributed by atoms with Crippen LogP contribution in [0.1, 0.15) is 6.42 Å². The lowest BCUT2D eigenvalue weighted by molar-refractivity contribution is -0.138. The van der Waals surface area contributed by atoms with E-state index in [1.54, 1.807) is 7.05 Å². The normalized spacial score (nSPS) is 19.1. The number of aliphatic carboxylic acids is 1. The highest BCUT2D eigenvalue weighted by atomic mass is 16.4. The number of nitrogens with zero attached hydrogens (tertiary/aromatic N) is 2. The molecule has 92 valence electrons. The first kappa shape index (κ1) is 12.9. The number of carbonyl (C=O) groups is 2. The summed E-state index contributed by atoms with van der Waals surface area (Å²) in [5.74, 6) is -0.786. The minimum absolute atomic E-state index is 0.00619. The van der Waals surface area contributed by atoms with Crippen LogP contribution < -0.4 is 5.32 Å². The van der Waals surface area contributed by atoms with Gasteiger partial charge in [0.1, 0.15) is 0 Å². The van der Waals surface area contributed by atoms with Gasteiger partial charge in [0, 0.05) is 26.7 Å². The van der Waals surface area contributed by atoms with E-state index in [9.17, 15) is 9.59 Å². The zero-order valence-electron chi connectivity index (χ0n) is 9.61. The van der Waals surface area contributed by atoms with Gasteiger partial charge in [0.25, 0.3) is 0 Å². The average Bonchev–Trinajstić information content (AvgIpc) is 2.43. The Kier molecular flexibility index (Phi) is 5.21. The number of nitrogens with one attached hydrogen (secondary N) is 1. The number of hydrogen-bond donors (Lipinski definition) is 2.